The number of sulfone groups is 4. The first-order valence-electron chi connectivity index (χ1n) is 45.6. The Labute approximate surface area is 821 Å². The van der Waals surface area contributed by atoms with Gasteiger partial charge in [0, 0.05) is 166 Å². The van der Waals surface area contributed by atoms with Crippen molar-refractivity contribution in [3.8, 4) is 11.4 Å². The van der Waals surface area contributed by atoms with Gasteiger partial charge >= 0.3 is 0 Å². The Morgan fingerprint density at radius 3 is 0.893 bits per heavy atom. The molecule has 8 heterocycles. The molecule has 34 heteroatoms. The van der Waals surface area contributed by atoms with Gasteiger partial charge in [0.2, 0.25) is 23.8 Å². The zero-order valence-corrected chi connectivity index (χ0v) is 85.4. The third kappa shape index (κ3) is 30.1. The van der Waals surface area contributed by atoms with Crippen molar-refractivity contribution in [2.45, 2.75) is 157 Å². The normalized spacial score (nSPS) is 11.9. The van der Waals surface area contributed by atoms with Crippen LogP contribution < -0.4 is 42.5 Å². The SMILES string of the molecule is Cc1cnc(Nc2ccc(-n3ccnc3)cc2)nc1Nc1cccc(S(=O)(=O)CC(C)(C)C)c1.Cc1cnc(Nc2ccc(-n3ccnc3C)cc2)nc1Nc1cccc(S(=O)(=O)CC(C)(C)C)c1.Cc1cnc(Nc2ccc(Cn3cccc3)cc2)nc1Nc1cccc(S(=O)(=O)CC(C)(C)C)c1.Cc1cnc(Nc2ccc(Cn3cccc3C)cc2)nc1Nc1cccc(S(=O)(=O)CC(C)(C)C)c1. The van der Waals surface area contributed by atoms with E-state index in [0.29, 0.717) is 79.6 Å². The van der Waals surface area contributed by atoms with E-state index in [1.165, 1.54) is 16.8 Å². The molecular formula is C106H122N22O8S4. The number of rotatable bonds is 30. The lowest BCUT2D eigenvalue weighted by molar-refractivity contribution is 0.460. The molecule has 0 spiro atoms. The molecule has 140 heavy (non-hydrogen) atoms. The summed E-state index contributed by atoms with van der Waals surface area (Å²) in [5.41, 5.74) is 13.7. The van der Waals surface area contributed by atoms with Crippen molar-refractivity contribution in [1.29, 1.82) is 0 Å². The van der Waals surface area contributed by atoms with E-state index in [2.05, 4.69) is 145 Å². The molecule has 0 saturated carbocycles. The standard InChI is InChI=1S/C28H33N5O2S.C27H31N5O2S.C26H30N6O2S.C25H28N6O2S/c1-20-17-29-27(31-23-13-11-22(12-14-23)18-33-15-7-8-21(33)2)32-26(20)30-24-9-6-10-25(16-24)36(34,35)19-28(3,4)5;1-20-17-28-26(30-22-12-10-21(11-13-22)18-32-14-5-6-15-32)31-25(20)29-23-8-7-9-24(16-23)35(33,34)19-27(2,3)4;1-18-16-28-25(30-20-9-11-22(12-10-20)32-14-13-27-19(32)2)31-24(18)29-21-7-6-8-23(15-21)35(33,34)17-26(3,4)5;1-18-15-27-24(29-19-8-10-21(11-9-19)31-13-12-26-17-31)30-23(18)28-20-6-5-7-22(14-20)34(32,33)16-25(2,3)4/h6-17H,18-19H2,1-5H3,(H2,29,30,31,32);5-17H,18-19H2,1-4H3,(H2,28,29,30,31);6-16H,17H2,1-5H3,(H2,28,29,30,31);5-15,17H,16H2,1-4H3,(H2,27,28,29,30). The summed E-state index contributed by atoms with van der Waals surface area (Å²) >= 11 is 0. The van der Waals surface area contributed by atoms with E-state index in [9.17, 15) is 33.7 Å². The maximum atomic E-state index is 12.8. The van der Waals surface area contributed by atoms with Crippen LogP contribution in [-0.4, -0.2) is 125 Å². The van der Waals surface area contributed by atoms with E-state index in [1.54, 1.807) is 116 Å². The zero-order chi connectivity index (χ0) is 101. The van der Waals surface area contributed by atoms with Crippen molar-refractivity contribution in [1.82, 2.24) is 68.1 Å². The van der Waals surface area contributed by atoms with Gasteiger partial charge in [0.05, 0.1) is 48.9 Å². The Bertz CT molecular complexity index is 7420. The highest BCUT2D eigenvalue weighted by Crippen LogP contribution is 2.34. The summed E-state index contributed by atoms with van der Waals surface area (Å²) in [6, 6.07) is 67.5. The third-order valence-electron chi connectivity index (χ3n) is 21.2. The summed E-state index contributed by atoms with van der Waals surface area (Å²) in [6.07, 6.45) is 22.1. The molecule has 0 saturated heterocycles. The van der Waals surface area contributed by atoms with Crippen molar-refractivity contribution in [2.75, 3.05) is 65.5 Å². The first-order chi connectivity index (χ1) is 66.1. The molecule has 0 radical (unpaired) electrons. The molecule has 8 aromatic carbocycles. The summed E-state index contributed by atoms with van der Waals surface area (Å²) in [5, 5.41) is 25.9. The number of nitrogens with zero attached hydrogens (tertiary/aromatic N) is 14. The van der Waals surface area contributed by atoms with Crippen molar-refractivity contribution in [3.63, 3.8) is 0 Å². The van der Waals surface area contributed by atoms with Crippen LogP contribution in [0.3, 0.4) is 0 Å². The highest BCUT2D eigenvalue weighted by atomic mass is 32.2. The maximum absolute atomic E-state index is 12.8. The zero-order valence-electron chi connectivity index (χ0n) is 82.1. The Morgan fingerprint density at radius 1 is 0.293 bits per heavy atom. The molecule has 0 bridgehead atoms. The van der Waals surface area contributed by atoms with Crippen LogP contribution in [0, 0.1) is 63.2 Å². The van der Waals surface area contributed by atoms with Gasteiger partial charge in [-0.2, -0.15) is 19.9 Å². The number of anilines is 16. The van der Waals surface area contributed by atoms with Gasteiger partial charge in [0.15, 0.2) is 39.3 Å². The lowest BCUT2D eigenvalue weighted by atomic mass is 10.0. The highest BCUT2D eigenvalue weighted by Gasteiger charge is 2.29. The minimum absolute atomic E-state index is 0.0727. The molecule has 0 unspecified atom stereocenters. The molecule has 30 nitrogen and oxygen atoms in total. The summed E-state index contributed by atoms with van der Waals surface area (Å²) in [5.74, 6) is 5.39. The Hall–Kier alpha value is -14.7. The number of imidazole rings is 2. The van der Waals surface area contributed by atoms with Gasteiger partial charge in [-0.25, -0.2) is 63.6 Å². The topological polar surface area (TPSA) is 381 Å². The van der Waals surface area contributed by atoms with Gasteiger partial charge in [0.1, 0.15) is 29.1 Å². The molecule has 0 amide bonds. The molecule has 0 aliphatic rings. The van der Waals surface area contributed by atoms with Crippen LogP contribution >= 0.6 is 0 Å². The van der Waals surface area contributed by atoms with E-state index in [0.717, 1.165) is 75.3 Å². The average molecular weight is 1960 g/mol. The molecule has 0 aliphatic heterocycles. The molecule has 8 N–H and O–H groups in total. The molecular weight excluding hydrogens is 1840 g/mol. The van der Waals surface area contributed by atoms with Crippen molar-refractivity contribution in [3.05, 3.63) is 338 Å². The molecule has 0 atom stereocenters. The second kappa shape index (κ2) is 43.9. The van der Waals surface area contributed by atoms with E-state index in [-0.39, 0.29) is 54.5 Å². The van der Waals surface area contributed by atoms with Gasteiger partial charge in [-0.05, 0) is 244 Å². The Morgan fingerprint density at radius 2 is 0.607 bits per heavy atom. The number of nitrogens with one attached hydrogen (secondary N) is 8. The fraction of sp³-hybridized carbons (Fsp3) is 0.264. The van der Waals surface area contributed by atoms with Crippen LogP contribution in [-0.2, 0) is 52.4 Å². The molecule has 0 aliphatic carbocycles. The van der Waals surface area contributed by atoms with Gasteiger partial charge < -0.3 is 60.8 Å². The van der Waals surface area contributed by atoms with E-state index in [1.807, 2.05) is 267 Å². The third-order valence-corrected chi connectivity index (χ3v) is 30.1. The van der Waals surface area contributed by atoms with Gasteiger partial charge in [-0.15, -0.1) is 0 Å². The largest absolute Gasteiger partial charge is 0.350 e. The molecule has 16 rings (SSSR count). The second-order valence-electron chi connectivity index (χ2n) is 39.2. The fourth-order valence-corrected chi connectivity index (χ4v) is 22.3. The van der Waals surface area contributed by atoms with Gasteiger partial charge in [-0.3, -0.25) is 0 Å². The highest BCUT2D eigenvalue weighted by molar-refractivity contribution is 7.92. The van der Waals surface area contributed by atoms with Crippen LogP contribution in [0.15, 0.2) is 312 Å². The molecule has 8 aromatic heterocycles. The minimum Gasteiger partial charge on any atom is -0.350 e. The number of benzene rings is 8. The Kier molecular flexibility index (Phi) is 32.2. The second-order valence-corrected chi connectivity index (χ2v) is 47.2. The first-order valence-corrected chi connectivity index (χ1v) is 52.2. The summed E-state index contributed by atoms with van der Waals surface area (Å²) in [7, 11) is -13.6. The van der Waals surface area contributed by atoms with Crippen LogP contribution in [0.2, 0.25) is 0 Å². The van der Waals surface area contributed by atoms with Crippen LogP contribution in [0.4, 0.5) is 92.6 Å². The number of hydrogen-bond donors (Lipinski definition) is 8. The average Bonchev–Trinajstić information content (AvgIpc) is 1.61. The maximum Gasteiger partial charge on any atom is 0.229 e. The molecule has 0 fully saturated rings. The number of hydrogen-bond acceptors (Lipinski definition) is 26. The predicted molar refractivity (Wildman–Crippen MR) is 562 cm³/mol. The smallest absolute Gasteiger partial charge is 0.229 e. The number of aromatic nitrogens is 14. The van der Waals surface area contributed by atoms with Crippen molar-refractivity contribution in [2.24, 2.45) is 21.7 Å². The van der Waals surface area contributed by atoms with Gasteiger partial charge in [0.25, 0.3) is 0 Å². The van der Waals surface area contributed by atoms with Crippen LogP contribution in [0.1, 0.15) is 128 Å². The summed E-state index contributed by atoms with van der Waals surface area (Å²) in [6.45, 7) is 36.3. The summed E-state index contributed by atoms with van der Waals surface area (Å²) < 4.78 is 111. The lowest BCUT2D eigenvalue weighted by Crippen LogP contribution is -2.20. The number of aryl methyl sites for hydroxylation is 6. The Balaban J connectivity index is 0.000000157. The van der Waals surface area contributed by atoms with E-state index < -0.39 is 39.3 Å². The fourth-order valence-electron chi connectivity index (χ4n) is 14.7. The quantitative estimate of drug-likeness (QED) is 0.0207. The van der Waals surface area contributed by atoms with Crippen molar-refractivity contribution >= 4 is 132 Å². The van der Waals surface area contributed by atoms with E-state index >= 15 is 0 Å². The van der Waals surface area contributed by atoms with Crippen LogP contribution in [0.5, 0.6) is 0 Å². The molecule has 16 aromatic rings. The monoisotopic (exact) mass is 1960 g/mol. The minimum atomic E-state index is -3.41. The summed E-state index contributed by atoms with van der Waals surface area (Å²) in [4.78, 5) is 45.5. The predicted octanol–water partition coefficient (Wildman–Crippen LogP) is 23.1. The van der Waals surface area contributed by atoms with Crippen LogP contribution in [0.25, 0.3) is 11.4 Å². The van der Waals surface area contributed by atoms with E-state index in [4.69, 9.17) is 0 Å². The van der Waals surface area contributed by atoms with Gasteiger partial charge in [-0.1, -0.05) is 132 Å². The lowest BCUT2D eigenvalue weighted by Gasteiger charge is -2.18. The van der Waals surface area contributed by atoms with Crippen molar-refractivity contribution < 1.29 is 33.7 Å². The molecule has 728 valence electrons. The first kappa shape index (κ1) is 103.